The van der Waals surface area contributed by atoms with Crippen LogP contribution in [0.25, 0.3) is 0 Å². The van der Waals surface area contributed by atoms with Crippen molar-refractivity contribution in [1.29, 1.82) is 0 Å². The summed E-state index contributed by atoms with van der Waals surface area (Å²) in [6.45, 7) is 2.00. The predicted octanol–water partition coefficient (Wildman–Crippen LogP) is 2.02. The van der Waals surface area contributed by atoms with E-state index in [-0.39, 0.29) is 17.5 Å². The van der Waals surface area contributed by atoms with Gasteiger partial charge in [-0.1, -0.05) is 0 Å². The highest BCUT2D eigenvalue weighted by atomic mass is 16.3. The zero-order valence-corrected chi connectivity index (χ0v) is 10.8. The van der Waals surface area contributed by atoms with Crippen molar-refractivity contribution in [2.24, 2.45) is 5.73 Å². The van der Waals surface area contributed by atoms with Crippen molar-refractivity contribution in [3.63, 3.8) is 0 Å². The Bertz CT molecular complexity index is 401. The third-order valence-electron chi connectivity index (χ3n) is 3.74. The lowest BCUT2D eigenvalue weighted by Gasteiger charge is -2.30. The molecule has 0 amide bonds. The summed E-state index contributed by atoms with van der Waals surface area (Å²) in [5.41, 5.74) is 6.62. The van der Waals surface area contributed by atoms with Crippen LogP contribution in [0.4, 0.5) is 0 Å². The molecule has 0 aliphatic heterocycles. The average molecular weight is 250 g/mol. The van der Waals surface area contributed by atoms with Gasteiger partial charge in [0.2, 0.25) is 0 Å². The molecular weight excluding hydrogens is 228 g/mol. The van der Waals surface area contributed by atoms with Gasteiger partial charge in [0.05, 0.1) is 0 Å². The molecule has 5 N–H and O–H groups in total. The highest BCUT2D eigenvalue weighted by molar-refractivity contribution is 5.40. The van der Waals surface area contributed by atoms with Crippen molar-refractivity contribution in [3.8, 4) is 11.5 Å². The van der Waals surface area contributed by atoms with E-state index in [2.05, 4.69) is 5.32 Å². The standard InChI is InChI=1S/C14H22N2O2/c1-9(13-8-12(17)6-7-14(13)18)16-11-4-2-10(15)3-5-11/h6-11,16-18H,2-5,15H2,1H3. The summed E-state index contributed by atoms with van der Waals surface area (Å²) < 4.78 is 0. The molecule has 18 heavy (non-hydrogen) atoms. The summed E-state index contributed by atoms with van der Waals surface area (Å²) in [6, 6.07) is 5.44. The van der Waals surface area contributed by atoms with Gasteiger partial charge in [-0.2, -0.15) is 0 Å². The molecule has 0 aromatic heterocycles. The predicted molar refractivity (Wildman–Crippen MR) is 71.6 cm³/mol. The minimum atomic E-state index is 0.0245. The number of nitrogens with one attached hydrogen (secondary N) is 1. The number of phenols is 2. The van der Waals surface area contributed by atoms with Gasteiger partial charge in [-0.25, -0.2) is 0 Å². The van der Waals surface area contributed by atoms with E-state index >= 15 is 0 Å². The molecule has 1 aromatic rings. The zero-order chi connectivity index (χ0) is 13.1. The third kappa shape index (κ3) is 3.15. The second-order valence-electron chi connectivity index (χ2n) is 5.24. The van der Waals surface area contributed by atoms with Gasteiger partial charge in [-0.15, -0.1) is 0 Å². The van der Waals surface area contributed by atoms with Crippen LogP contribution in [0.5, 0.6) is 11.5 Å². The molecule has 0 saturated heterocycles. The fourth-order valence-electron chi connectivity index (χ4n) is 2.62. The summed E-state index contributed by atoms with van der Waals surface area (Å²) in [7, 11) is 0. The molecule has 0 spiro atoms. The first kappa shape index (κ1) is 13.2. The molecule has 2 rings (SSSR count). The van der Waals surface area contributed by atoms with Crippen LogP contribution in [0.2, 0.25) is 0 Å². The number of phenolic OH excluding ortho intramolecular Hbond substituents is 2. The Kier molecular flexibility index (Phi) is 4.09. The Morgan fingerprint density at radius 3 is 2.56 bits per heavy atom. The minimum absolute atomic E-state index is 0.0245. The van der Waals surface area contributed by atoms with E-state index in [1.807, 2.05) is 6.92 Å². The number of rotatable bonds is 3. The number of benzene rings is 1. The molecule has 1 atom stereocenters. The van der Waals surface area contributed by atoms with Gasteiger partial charge in [-0.05, 0) is 50.8 Å². The maximum Gasteiger partial charge on any atom is 0.120 e. The fourth-order valence-corrected chi connectivity index (χ4v) is 2.62. The van der Waals surface area contributed by atoms with Gasteiger partial charge in [0.25, 0.3) is 0 Å². The quantitative estimate of drug-likeness (QED) is 0.619. The van der Waals surface area contributed by atoms with E-state index in [1.54, 1.807) is 6.07 Å². The number of nitrogens with two attached hydrogens (primary N) is 1. The molecule has 1 aliphatic carbocycles. The van der Waals surface area contributed by atoms with E-state index in [0.29, 0.717) is 12.1 Å². The van der Waals surface area contributed by atoms with Crippen molar-refractivity contribution >= 4 is 0 Å². The summed E-state index contributed by atoms with van der Waals surface area (Å²) in [5, 5.41) is 22.8. The van der Waals surface area contributed by atoms with Crippen LogP contribution in [-0.4, -0.2) is 22.3 Å². The normalized spacial score (nSPS) is 25.9. The van der Waals surface area contributed by atoms with Crippen molar-refractivity contribution < 1.29 is 10.2 Å². The van der Waals surface area contributed by atoms with Crippen LogP contribution in [0.3, 0.4) is 0 Å². The van der Waals surface area contributed by atoms with Gasteiger partial charge in [0.1, 0.15) is 11.5 Å². The van der Waals surface area contributed by atoms with Gasteiger partial charge in [0, 0.05) is 23.7 Å². The van der Waals surface area contributed by atoms with E-state index in [1.165, 1.54) is 12.1 Å². The first-order valence-corrected chi connectivity index (χ1v) is 6.59. The molecule has 4 nitrogen and oxygen atoms in total. The van der Waals surface area contributed by atoms with Crippen LogP contribution in [-0.2, 0) is 0 Å². The number of hydrogen-bond donors (Lipinski definition) is 4. The van der Waals surface area contributed by atoms with Crippen LogP contribution in [0, 0.1) is 0 Å². The summed E-state index contributed by atoms with van der Waals surface area (Å²) in [5.74, 6) is 0.405. The Morgan fingerprint density at radius 1 is 1.22 bits per heavy atom. The minimum Gasteiger partial charge on any atom is -0.508 e. The Morgan fingerprint density at radius 2 is 1.89 bits per heavy atom. The highest BCUT2D eigenvalue weighted by Crippen LogP contribution is 2.29. The molecule has 100 valence electrons. The van der Waals surface area contributed by atoms with Crippen LogP contribution < -0.4 is 11.1 Å². The van der Waals surface area contributed by atoms with Gasteiger partial charge in [0.15, 0.2) is 0 Å². The molecule has 1 aromatic carbocycles. The topological polar surface area (TPSA) is 78.5 Å². The Balaban J connectivity index is 1.98. The molecular formula is C14H22N2O2. The first-order valence-electron chi connectivity index (χ1n) is 6.59. The van der Waals surface area contributed by atoms with Crippen molar-refractivity contribution in [3.05, 3.63) is 23.8 Å². The van der Waals surface area contributed by atoms with Gasteiger partial charge in [-0.3, -0.25) is 0 Å². The largest absolute Gasteiger partial charge is 0.508 e. The van der Waals surface area contributed by atoms with E-state index in [0.717, 1.165) is 31.2 Å². The smallest absolute Gasteiger partial charge is 0.120 e. The van der Waals surface area contributed by atoms with Crippen molar-refractivity contribution in [1.82, 2.24) is 5.32 Å². The molecule has 1 unspecified atom stereocenters. The lowest BCUT2D eigenvalue weighted by Crippen LogP contribution is -2.38. The second-order valence-corrected chi connectivity index (χ2v) is 5.24. The summed E-state index contributed by atoms with van der Waals surface area (Å²) in [4.78, 5) is 0. The van der Waals surface area contributed by atoms with Crippen LogP contribution >= 0.6 is 0 Å². The highest BCUT2D eigenvalue weighted by Gasteiger charge is 2.21. The van der Waals surface area contributed by atoms with E-state index in [4.69, 9.17) is 5.73 Å². The van der Waals surface area contributed by atoms with E-state index < -0.39 is 0 Å². The lowest BCUT2D eigenvalue weighted by atomic mass is 9.91. The maximum atomic E-state index is 9.81. The Hall–Kier alpha value is -1.26. The molecule has 4 heteroatoms. The monoisotopic (exact) mass is 250 g/mol. The molecule has 1 fully saturated rings. The lowest BCUT2D eigenvalue weighted by molar-refractivity contribution is 0.318. The Labute approximate surface area is 108 Å². The molecule has 0 heterocycles. The molecule has 0 bridgehead atoms. The van der Waals surface area contributed by atoms with Crippen molar-refractivity contribution in [2.75, 3.05) is 0 Å². The van der Waals surface area contributed by atoms with Crippen molar-refractivity contribution in [2.45, 2.75) is 50.7 Å². The maximum absolute atomic E-state index is 9.81. The summed E-state index contributed by atoms with van der Waals surface area (Å²) in [6.07, 6.45) is 4.25. The van der Waals surface area contributed by atoms with Crippen LogP contribution in [0.1, 0.15) is 44.2 Å². The zero-order valence-electron chi connectivity index (χ0n) is 10.8. The molecule has 0 radical (unpaired) electrons. The SMILES string of the molecule is CC(NC1CCC(N)CC1)c1cc(O)ccc1O. The fraction of sp³-hybridized carbons (Fsp3) is 0.571. The second kappa shape index (κ2) is 5.59. The van der Waals surface area contributed by atoms with Crippen LogP contribution in [0.15, 0.2) is 18.2 Å². The summed E-state index contributed by atoms with van der Waals surface area (Å²) >= 11 is 0. The number of hydrogen-bond acceptors (Lipinski definition) is 4. The number of aromatic hydroxyl groups is 2. The van der Waals surface area contributed by atoms with E-state index in [9.17, 15) is 10.2 Å². The third-order valence-corrected chi connectivity index (χ3v) is 3.74. The molecule has 1 aliphatic rings. The van der Waals surface area contributed by atoms with Gasteiger partial charge >= 0.3 is 0 Å². The van der Waals surface area contributed by atoms with Gasteiger partial charge < -0.3 is 21.3 Å². The molecule has 1 saturated carbocycles. The average Bonchev–Trinajstić information content (AvgIpc) is 2.35. The first-order chi connectivity index (χ1) is 8.56.